The third-order valence-electron chi connectivity index (χ3n) is 4.79. The van der Waals surface area contributed by atoms with E-state index in [0.717, 1.165) is 11.1 Å². The van der Waals surface area contributed by atoms with E-state index in [9.17, 15) is 14.4 Å². The molecule has 5 nitrogen and oxygen atoms in total. The van der Waals surface area contributed by atoms with Crippen LogP contribution < -0.4 is 5.56 Å². The van der Waals surface area contributed by atoms with Crippen molar-refractivity contribution in [2.45, 2.75) is 13.3 Å². The zero-order valence-corrected chi connectivity index (χ0v) is 14.5. The number of hydrogen-bond donors (Lipinski definition) is 0. The Bertz CT molecular complexity index is 1140. The zero-order valence-electron chi connectivity index (χ0n) is 14.5. The maximum absolute atomic E-state index is 13.2. The monoisotopic (exact) mass is 347 g/mol. The molecule has 5 heteroatoms. The van der Waals surface area contributed by atoms with E-state index in [4.69, 9.17) is 4.74 Å². The Hall–Kier alpha value is -3.21. The minimum absolute atomic E-state index is 0.0727. The summed E-state index contributed by atoms with van der Waals surface area (Å²) in [6.45, 7) is 1.84. The number of carbonyl (C=O) groups is 2. The van der Waals surface area contributed by atoms with Crippen molar-refractivity contribution in [2.75, 3.05) is 6.61 Å². The van der Waals surface area contributed by atoms with Gasteiger partial charge in [-0.1, -0.05) is 36.4 Å². The van der Waals surface area contributed by atoms with E-state index in [0.29, 0.717) is 28.3 Å². The quantitative estimate of drug-likeness (QED) is 0.523. The van der Waals surface area contributed by atoms with Crippen molar-refractivity contribution in [3.05, 3.63) is 80.8 Å². The lowest BCUT2D eigenvalue weighted by atomic mass is 9.82. The minimum atomic E-state index is -0.696. The molecule has 0 atom stereocenters. The highest BCUT2D eigenvalue weighted by Gasteiger charge is 2.29. The van der Waals surface area contributed by atoms with Gasteiger partial charge in [0.25, 0.3) is 5.56 Å². The third-order valence-corrected chi connectivity index (χ3v) is 4.79. The SMILES string of the molecule is CCOC(=O)c1c(=O)n(C)cc2ccc3c(c12)C(=O)c1ccccc1C3. The van der Waals surface area contributed by atoms with Crippen LogP contribution in [0.2, 0.25) is 0 Å². The van der Waals surface area contributed by atoms with Crippen molar-refractivity contribution in [1.82, 2.24) is 4.57 Å². The maximum Gasteiger partial charge on any atom is 0.344 e. The van der Waals surface area contributed by atoms with E-state index in [1.807, 2.05) is 30.3 Å². The summed E-state index contributed by atoms with van der Waals surface area (Å²) in [6, 6.07) is 11.2. The molecule has 4 rings (SSSR count). The third kappa shape index (κ3) is 2.28. The smallest absolute Gasteiger partial charge is 0.344 e. The molecule has 1 heterocycles. The normalized spacial score (nSPS) is 12.6. The summed E-state index contributed by atoms with van der Waals surface area (Å²) in [5, 5.41) is 1.06. The largest absolute Gasteiger partial charge is 0.462 e. The highest BCUT2D eigenvalue weighted by molar-refractivity contribution is 6.22. The van der Waals surface area contributed by atoms with Crippen LogP contribution in [0.4, 0.5) is 0 Å². The first kappa shape index (κ1) is 16.3. The number of nitrogens with zero attached hydrogens (tertiary/aromatic N) is 1. The van der Waals surface area contributed by atoms with Gasteiger partial charge in [-0.3, -0.25) is 9.59 Å². The summed E-state index contributed by atoms with van der Waals surface area (Å²) in [4.78, 5) is 38.4. The molecule has 0 unspecified atom stereocenters. The lowest BCUT2D eigenvalue weighted by Gasteiger charge is -2.21. The van der Waals surface area contributed by atoms with Gasteiger partial charge in [0, 0.05) is 29.8 Å². The molecule has 0 N–H and O–H groups in total. The highest BCUT2D eigenvalue weighted by Crippen LogP contribution is 2.33. The first-order valence-corrected chi connectivity index (χ1v) is 8.48. The predicted octanol–water partition coefficient (Wildman–Crippen LogP) is 2.85. The van der Waals surface area contributed by atoms with Gasteiger partial charge in [0.2, 0.25) is 0 Å². The second-order valence-electron chi connectivity index (χ2n) is 6.37. The second-order valence-corrected chi connectivity index (χ2v) is 6.37. The molecule has 0 spiro atoms. The van der Waals surface area contributed by atoms with E-state index in [1.54, 1.807) is 26.2 Å². The van der Waals surface area contributed by atoms with Gasteiger partial charge in [0.1, 0.15) is 5.56 Å². The van der Waals surface area contributed by atoms with E-state index in [1.165, 1.54) is 4.57 Å². The van der Waals surface area contributed by atoms with Gasteiger partial charge in [-0.15, -0.1) is 0 Å². The summed E-state index contributed by atoms with van der Waals surface area (Å²) >= 11 is 0. The molecule has 130 valence electrons. The standard InChI is InChI=1S/C21H17NO4/c1-3-26-21(25)18-16-14(11-22(2)20(18)24)9-8-13-10-12-6-4-5-7-15(12)19(23)17(13)16/h4-9,11H,3,10H2,1-2H3. The fourth-order valence-electron chi connectivity index (χ4n) is 3.62. The van der Waals surface area contributed by atoms with Crippen LogP contribution in [0.25, 0.3) is 10.8 Å². The van der Waals surface area contributed by atoms with E-state index < -0.39 is 11.5 Å². The summed E-state index contributed by atoms with van der Waals surface area (Å²) in [5.74, 6) is -0.856. The van der Waals surface area contributed by atoms with Crippen molar-refractivity contribution in [1.29, 1.82) is 0 Å². The van der Waals surface area contributed by atoms with Gasteiger partial charge < -0.3 is 9.30 Å². The molecule has 26 heavy (non-hydrogen) atoms. The van der Waals surface area contributed by atoms with Crippen molar-refractivity contribution < 1.29 is 14.3 Å². The zero-order chi connectivity index (χ0) is 18.4. The highest BCUT2D eigenvalue weighted by atomic mass is 16.5. The van der Waals surface area contributed by atoms with Crippen LogP contribution in [0.5, 0.6) is 0 Å². The maximum atomic E-state index is 13.2. The Labute approximate surface area is 149 Å². The molecule has 3 aromatic rings. The number of carbonyl (C=O) groups excluding carboxylic acids is 2. The number of fused-ring (bicyclic) bond motifs is 4. The fourth-order valence-corrected chi connectivity index (χ4v) is 3.62. The summed E-state index contributed by atoms with van der Waals surface area (Å²) in [6.07, 6.45) is 2.24. The first-order chi connectivity index (χ1) is 12.5. The topological polar surface area (TPSA) is 65.4 Å². The number of esters is 1. The Balaban J connectivity index is 2.10. The fraction of sp³-hybridized carbons (Fsp3) is 0.190. The Morgan fingerprint density at radius 1 is 1.12 bits per heavy atom. The van der Waals surface area contributed by atoms with E-state index >= 15 is 0 Å². The number of ketones is 1. The molecule has 0 amide bonds. The molecule has 0 bridgehead atoms. The molecule has 1 aliphatic carbocycles. The Morgan fingerprint density at radius 3 is 2.65 bits per heavy atom. The second kappa shape index (κ2) is 5.95. The van der Waals surface area contributed by atoms with E-state index in [2.05, 4.69) is 0 Å². The number of pyridine rings is 1. The first-order valence-electron chi connectivity index (χ1n) is 8.48. The lowest BCUT2D eigenvalue weighted by Crippen LogP contribution is -2.27. The van der Waals surface area contributed by atoms with Crippen molar-refractivity contribution in [3.63, 3.8) is 0 Å². The number of aromatic nitrogens is 1. The molecular formula is C21H17NO4. The van der Waals surface area contributed by atoms with Crippen LogP contribution in [0, 0.1) is 0 Å². The van der Waals surface area contributed by atoms with E-state index in [-0.39, 0.29) is 18.0 Å². The number of rotatable bonds is 2. The van der Waals surface area contributed by atoms with Gasteiger partial charge in [-0.05, 0) is 29.9 Å². The van der Waals surface area contributed by atoms with Crippen LogP contribution in [-0.4, -0.2) is 22.9 Å². The van der Waals surface area contributed by atoms with Crippen LogP contribution >= 0.6 is 0 Å². The average Bonchev–Trinajstić information content (AvgIpc) is 2.63. The van der Waals surface area contributed by atoms with Crippen LogP contribution in [0.3, 0.4) is 0 Å². The molecule has 2 aromatic carbocycles. The van der Waals surface area contributed by atoms with Gasteiger partial charge in [0.15, 0.2) is 5.78 Å². The summed E-state index contributed by atoms with van der Waals surface area (Å²) in [5.41, 5.74) is 2.28. The molecule has 0 aliphatic heterocycles. The molecule has 0 radical (unpaired) electrons. The van der Waals surface area contributed by atoms with Gasteiger partial charge in [-0.2, -0.15) is 0 Å². The minimum Gasteiger partial charge on any atom is -0.462 e. The van der Waals surface area contributed by atoms with Crippen molar-refractivity contribution in [3.8, 4) is 0 Å². The Morgan fingerprint density at radius 2 is 1.88 bits per heavy atom. The molecule has 0 fully saturated rings. The number of ether oxygens (including phenoxy) is 1. The van der Waals surface area contributed by atoms with Crippen LogP contribution in [0.15, 0.2) is 47.4 Å². The van der Waals surface area contributed by atoms with Gasteiger partial charge in [-0.25, -0.2) is 4.79 Å². The summed E-state index contributed by atoms with van der Waals surface area (Å²) < 4.78 is 6.45. The predicted molar refractivity (Wildman–Crippen MR) is 97.8 cm³/mol. The van der Waals surface area contributed by atoms with Crippen molar-refractivity contribution >= 4 is 22.5 Å². The molecule has 1 aromatic heterocycles. The molecule has 0 saturated carbocycles. The Kier molecular flexibility index (Phi) is 3.72. The molecule has 0 saturated heterocycles. The van der Waals surface area contributed by atoms with Crippen LogP contribution in [-0.2, 0) is 18.2 Å². The number of aryl methyl sites for hydroxylation is 1. The number of hydrogen-bond acceptors (Lipinski definition) is 4. The van der Waals surface area contributed by atoms with Crippen molar-refractivity contribution in [2.24, 2.45) is 7.05 Å². The molecular weight excluding hydrogens is 330 g/mol. The average molecular weight is 347 g/mol. The van der Waals surface area contributed by atoms with Gasteiger partial charge in [0.05, 0.1) is 6.61 Å². The summed E-state index contributed by atoms with van der Waals surface area (Å²) in [7, 11) is 1.58. The lowest BCUT2D eigenvalue weighted by molar-refractivity contribution is 0.0526. The number of benzene rings is 2. The molecule has 1 aliphatic rings. The van der Waals surface area contributed by atoms with Gasteiger partial charge >= 0.3 is 5.97 Å². The van der Waals surface area contributed by atoms with Crippen LogP contribution in [0.1, 0.15) is 44.3 Å².